The summed E-state index contributed by atoms with van der Waals surface area (Å²) in [6.45, 7) is 3.28. The molecule has 1 aromatic carbocycles. The van der Waals surface area contributed by atoms with Crippen LogP contribution < -0.4 is 5.32 Å². The molecule has 1 aromatic heterocycles. The van der Waals surface area contributed by atoms with E-state index in [-0.39, 0.29) is 0 Å². The Kier molecular flexibility index (Phi) is 2.41. The average Bonchev–Trinajstić information content (AvgIpc) is 2.65. The summed E-state index contributed by atoms with van der Waals surface area (Å²) in [5, 5.41) is 5.67. The van der Waals surface area contributed by atoms with E-state index < -0.39 is 0 Å². The summed E-state index contributed by atoms with van der Waals surface area (Å²) < 4.78 is 0. The molecule has 0 saturated heterocycles. The zero-order chi connectivity index (χ0) is 11.1. The molecule has 0 amide bonds. The van der Waals surface area contributed by atoms with Crippen LogP contribution in [0.5, 0.6) is 0 Å². The molecule has 1 aliphatic rings. The van der Waals surface area contributed by atoms with Gasteiger partial charge in [0.25, 0.3) is 0 Å². The fourth-order valence-electron chi connectivity index (χ4n) is 2.64. The maximum absolute atomic E-state index is 6.02. The van der Waals surface area contributed by atoms with E-state index in [0.29, 0.717) is 6.04 Å². The van der Waals surface area contributed by atoms with Crippen LogP contribution >= 0.6 is 11.6 Å². The Hall–Kier alpha value is -0.990. The minimum atomic E-state index is 0.468. The summed E-state index contributed by atoms with van der Waals surface area (Å²) in [6, 6.07) is 6.59. The highest BCUT2D eigenvalue weighted by atomic mass is 35.5. The van der Waals surface area contributed by atoms with E-state index in [9.17, 15) is 0 Å². The van der Waals surface area contributed by atoms with Crippen molar-refractivity contribution in [2.24, 2.45) is 0 Å². The lowest BCUT2D eigenvalue weighted by molar-refractivity contribution is 0.485. The minimum absolute atomic E-state index is 0.468. The van der Waals surface area contributed by atoms with Gasteiger partial charge in [0.05, 0.1) is 0 Å². The maximum Gasteiger partial charge on any atom is 0.0474 e. The fraction of sp³-hybridized carbons (Fsp3) is 0.385. The third-order valence-electron chi connectivity index (χ3n) is 3.42. The van der Waals surface area contributed by atoms with Crippen molar-refractivity contribution in [2.45, 2.75) is 25.8 Å². The predicted molar refractivity (Wildman–Crippen MR) is 68.0 cm³/mol. The molecule has 0 spiro atoms. The number of benzene rings is 1. The van der Waals surface area contributed by atoms with Gasteiger partial charge in [-0.1, -0.05) is 24.6 Å². The van der Waals surface area contributed by atoms with Crippen LogP contribution in [0.4, 0.5) is 0 Å². The fourth-order valence-corrected chi connectivity index (χ4v) is 2.81. The van der Waals surface area contributed by atoms with E-state index in [0.717, 1.165) is 24.4 Å². The van der Waals surface area contributed by atoms with E-state index >= 15 is 0 Å². The highest BCUT2D eigenvalue weighted by Crippen LogP contribution is 2.32. The van der Waals surface area contributed by atoms with Crippen molar-refractivity contribution in [2.75, 3.05) is 6.54 Å². The van der Waals surface area contributed by atoms with Crippen LogP contribution in [0, 0.1) is 0 Å². The molecule has 0 fully saturated rings. The Morgan fingerprint density at radius 2 is 2.31 bits per heavy atom. The van der Waals surface area contributed by atoms with E-state index in [1.54, 1.807) is 0 Å². The summed E-state index contributed by atoms with van der Waals surface area (Å²) >= 11 is 6.02. The summed E-state index contributed by atoms with van der Waals surface area (Å²) in [5.41, 5.74) is 3.99. The third-order valence-corrected chi connectivity index (χ3v) is 3.66. The lowest BCUT2D eigenvalue weighted by atomic mass is 9.98. The molecule has 1 unspecified atom stereocenters. The lowest BCUT2D eigenvalue weighted by Gasteiger charge is -2.22. The van der Waals surface area contributed by atoms with Crippen molar-refractivity contribution in [1.82, 2.24) is 10.3 Å². The van der Waals surface area contributed by atoms with Crippen LogP contribution in [0.15, 0.2) is 18.2 Å². The predicted octanol–water partition coefficient (Wildman–Crippen LogP) is 3.42. The second-order valence-corrected chi connectivity index (χ2v) is 4.81. The van der Waals surface area contributed by atoms with Crippen molar-refractivity contribution in [3.63, 3.8) is 0 Å². The number of hydrogen-bond donors (Lipinski definition) is 2. The van der Waals surface area contributed by atoms with Crippen LogP contribution in [-0.4, -0.2) is 11.5 Å². The SMILES string of the molecule is CCC1NCCc2c1[nH]c1cc(Cl)ccc21. The smallest absolute Gasteiger partial charge is 0.0474 e. The number of halogens is 1. The van der Waals surface area contributed by atoms with E-state index in [1.165, 1.54) is 22.2 Å². The van der Waals surface area contributed by atoms with Crippen LogP contribution in [0.1, 0.15) is 30.6 Å². The quantitative estimate of drug-likeness (QED) is 0.778. The Morgan fingerprint density at radius 1 is 1.44 bits per heavy atom. The average molecular weight is 235 g/mol. The number of aromatic nitrogens is 1. The van der Waals surface area contributed by atoms with Gasteiger partial charge >= 0.3 is 0 Å². The Labute approximate surface area is 100.0 Å². The standard InChI is InChI=1S/C13H15ClN2/c1-2-11-13-10(5-6-15-11)9-4-3-8(14)7-12(9)16-13/h3-4,7,11,15-16H,2,5-6H2,1H3. The first-order chi connectivity index (χ1) is 7.79. The molecule has 0 bridgehead atoms. The van der Waals surface area contributed by atoms with Crippen molar-refractivity contribution in [3.8, 4) is 0 Å². The molecular formula is C13H15ClN2. The van der Waals surface area contributed by atoms with Gasteiger partial charge in [0.15, 0.2) is 0 Å². The Bertz CT molecular complexity index is 530. The van der Waals surface area contributed by atoms with Gasteiger partial charge in [-0.2, -0.15) is 0 Å². The highest BCUT2D eigenvalue weighted by molar-refractivity contribution is 6.31. The van der Waals surface area contributed by atoms with E-state index in [4.69, 9.17) is 11.6 Å². The molecule has 84 valence electrons. The van der Waals surface area contributed by atoms with Gasteiger partial charge in [0.2, 0.25) is 0 Å². The van der Waals surface area contributed by atoms with Crippen molar-refractivity contribution < 1.29 is 0 Å². The monoisotopic (exact) mass is 234 g/mol. The number of rotatable bonds is 1. The Morgan fingerprint density at radius 3 is 3.12 bits per heavy atom. The molecule has 2 heterocycles. The highest BCUT2D eigenvalue weighted by Gasteiger charge is 2.22. The summed E-state index contributed by atoms with van der Waals surface area (Å²) in [7, 11) is 0. The van der Waals surface area contributed by atoms with Crippen molar-refractivity contribution in [3.05, 3.63) is 34.5 Å². The van der Waals surface area contributed by atoms with Gasteiger partial charge in [-0.25, -0.2) is 0 Å². The number of nitrogens with one attached hydrogen (secondary N) is 2. The van der Waals surface area contributed by atoms with Crippen LogP contribution in [-0.2, 0) is 6.42 Å². The number of H-pyrrole nitrogens is 1. The molecule has 1 aliphatic heterocycles. The minimum Gasteiger partial charge on any atom is -0.357 e. The first kappa shape index (κ1) is 10.2. The molecule has 0 saturated carbocycles. The maximum atomic E-state index is 6.02. The summed E-state index contributed by atoms with van der Waals surface area (Å²) in [5.74, 6) is 0. The molecule has 2 nitrogen and oxygen atoms in total. The number of fused-ring (bicyclic) bond motifs is 3. The molecule has 3 rings (SSSR count). The van der Waals surface area contributed by atoms with Gasteiger partial charge in [-0.3, -0.25) is 0 Å². The molecule has 16 heavy (non-hydrogen) atoms. The molecule has 2 N–H and O–H groups in total. The first-order valence-corrected chi connectivity index (χ1v) is 6.20. The number of aromatic amines is 1. The van der Waals surface area contributed by atoms with Gasteiger partial charge in [0.1, 0.15) is 0 Å². The molecule has 2 aromatic rings. The third kappa shape index (κ3) is 1.45. The second-order valence-electron chi connectivity index (χ2n) is 4.37. The molecule has 0 aliphatic carbocycles. The van der Waals surface area contributed by atoms with Gasteiger partial charge in [-0.05, 0) is 37.1 Å². The Balaban J connectivity index is 2.24. The van der Waals surface area contributed by atoms with Gasteiger partial charge < -0.3 is 10.3 Å². The van der Waals surface area contributed by atoms with E-state index in [1.807, 2.05) is 12.1 Å². The van der Waals surface area contributed by atoms with Gasteiger partial charge in [0, 0.05) is 27.7 Å². The first-order valence-electron chi connectivity index (χ1n) is 5.83. The van der Waals surface area contributed by atoms with Crippen molar-refractivity contribution in [1.29, 1.82) is 0 Å². The number of hydrogen-bond acceptors (Lipinski definition) is 1. The largest absolute Gasteiger partial charge is 0.357 e. The summed E-state index contributed by atoms with van der Waals surface area (Å²) in [4.78, 5) is 3.51. The molecule has 1 atom stereocenters. The van der Waals surface area contributed by atoms with Gasteiger partial charge in [-0.15, -0.1) is 0 Å². The topological polar surface area (TPSA) is 27.8 Å². The van der Waals surface area contributed by atoms with Crippen LogP contribution in [0.2, 0.25) is 5.02 Å². The zero-order valence-electron chi connectivity index (χ0n) is 9.31. The molecular weight excluding hydrogens is 220 g/mol. The molecule has 3 heteroatoms. The molecule has 0 radical (unpaired) electrons. The van der Waals surface area contributed by atoms with E-state index in [2.05, 4.69) is 23.3 Å². The van der Waals surface area contributed by atoms with Crippen LogP contribution in [0.25, 0.3) is 10.9 Å². The second kappa shape index (κ2) is 3.79. The van der Waals surface area contributed by atoms with Crippen molar-refractivity contribution >= 4 is 22.5 Å². The van der Waals surface area contributed by atoms with Crippen LogP contribution in [0.3, 0.4) is 0 Å². The zero-order valence-corrected chi connectivity index (χ0v) is 10.1. The lowest BCUT2D eigenvalue weighted by Crippen LogP contribution is -2.29. The summed E-state index contributed by atoms with van der Waals surface area (Å²) in [6.07, 6.45) is 2.22. The normalized spacial score (nSPS) is 20.0.